The average molecular weight is 506 g/mol. The van der Waals surface area contributed by atoms with Gasteiger partial charge in [0.25, 0.3) is 0 Å². The number of carbonyl (C=O) groups is 1. The largest absolute Gasteiger partial charge is 0.481 e. The minimum Gasteiger partial charge on any atom is -0.481 e. The van der Waals surface area contributed by atoms with Crippen molar-refractivity contribution in [1.82, 2.24) is 19.1 Å². The summed E-state index contributed by atoms with van der Waals surface area (Å²) in [7, 11) is 0. The molecule has 0 unspecified atom stereocenters. The number of rotatable bonds is 9. The number of nitrogens with one attached hydrogen (secondary N) is 1. The summed E-state index contributed by atoms with van der Waals surface area (Å²) in [6.45, 7) is 3.01. The number of benzene rings is 2. The topological polar surface area (TPSA) is 128 Å². The monoisotopic (exact) mass is 505 g/mol. The lowest BCUT2D eigenvalue weighted by molar-refractivity contribution is -0.141. The van der Waals surface area contributed by atoms with Gasteiger partial charge in [0.05, 0.1) is 12.5 Å². The molecule has 2 heterocycles. The summed E-state index contributed by atoms with van der Waals surface area (Å²) in [4.78, 5) is 45.3. The molecule has 1 atom stereocenters. The number of aryl methyl sites for hydroxylation is 1. The highest BCUT2D eigenvalue weighted by Crippen LogP contribution is 2.26. The van der Waals surface area contributed by atoms with E-state index in [1.807, 2.05) is 31.2 Å². The van der Waals surface area contributed by atoms with E-state index in [0.717, 1.165) is 21.8 Å². The summed E-state index contributed by atoms with van der Waals surface area (Å²) in [6.07, 6.45) is 1.52. The van der Waals surface area contributed by atoms with Gasteiger partial charge in [0.15, 0.2) is 11.6 Å². The minimum absolute atomic E-state index is 0.0412. The summed E-state index contributed by atoms with van der Waals surface area (Å²) in [5.74, 6) is -2.80. The number of halogens is 1. The molecule has 10 nitrogen and oxygen atoms in total. The fourth-order valence-corrected chi connectivity index (χ4v) is 3.46. The molecule has 4 aromatic rings. The Hall–Kier alpha value is -4.80. The van der Waals surface area contributed by atoms with Crippen molar-refractivity contribution in [2.45, 2.75) is 26.9 Å². The first kappa shape index (κ1) is 25.3. The maximum Gasteiger partial charge on any atom is 0.354 e. The molecule has 0 spiro atoms. The molecule has 0 saturated heterocycles. The van der Waals surface area contributed by atoms with Gasteiger partial charge in [0.1, 0.15) is 0 Å². The third-order valence-electron chi connectivity index (χ3n) is 5.53. The fourth-order valence-electron chi connectivity index (χ4n) is 3.46. The maximum absolute atomic E-state index is 14.8. The Morgan fingerprint density at radius 2 is 1.86 bits per heavy atom. The van der Waals surface area contributed by atoms with Crippen molar-refractivity contribution in [1.29, 1.82) is 0 Å². The van der Waals surface area contributed by atoms with Crippen LogP contribution in [0.15, 0.2) is 76.4 Å². The van der Waals surface area contributed by atoms with Gasteiger partial charge in [-0.05, 0) is 30.7 Å². The SMILES string of the molecule is Cc1ccc(Cn2c(Nc3ccc(Oc4ccccn4)c(F)c3)nc(=O)n(C[C@H](C)C(=O)O)c2=O)cc1. The summed E-state index contributed by atoms with van der Waals surface area (Å²) >= 11 is 0. The molecule has 0 bridgehead atoms. The van der Waals surface area contributed by atoms with Crippen LogP contribution in [-0.2, 0) is 17.9 Å². The van der Waals surface area contributed by atoms with E-state index in [9.17, 15) is 23.9 Å². The second-order valence-corrected chi connectivity index (χ2v) is 8.46. The van der Waals surface area contributed by atoms with E-state index in [1.54, 1.807) is 18.2 Å². The number of carboxylic acids is 1. The number of aromatic nitrogens is 4. The van der Waals surface area contributed by atoms with Gasteiger partial charge in [0.2, 0.25) is 11.8 Å². The van der Waals surface area contributed by atoms with Crippen LogP contribution in [0.1, 0.15) is 18.1 Å². The van der Waals surface area contributed by atoms with Crippen LogP contribution in [-0.4, -0.2) is 30.2 Å². The quantitative estimate of drug-likeness (QED) is 0.353. The highest BCUT2D eigenvalue weighted by molar-refractivity contribution is 5.69. The lowest BCUT2D eigenvalue weighted by Gasteiger charge is -2.17. The number of aliphatic carboxylic acids is 1. The Balaban J connectivity index is 1.70. The lowest BCUT2D eigenvalue weighted by Crippen LogP contribution is -2.44. The molecule has 2 aromatic heterocycles. The molecule has 0 saturated carbocycles. The highest BCUT2D eigenvalue weighted by Gasteiger charge is 2.19. The van der Waals surface area contributed by atoms with Crippen molar-refractivity contribution in [2.24, 2.45) is 5.92 Å². The van der Waals surface area contributed by atoms with Crippen molar-refractivity contribution in [2.75, 3.05) is 5.32 Å². The second-order valence-electron chi connectivity index (χ2n) is 8.46. The van der Waals surface area contributed by atoms with Crippen LogP contribution in [0.3, 0.4) is 0 Å². The highest BCUT2D eigenvalue weighted by atomic mass is 19.1. The number of hydrogen-bond acceptors (Lipinski definition) is 7. The molecule has 4 rings (SSSR count). The van der Waals surface area contributed by atoms with Gasteiger partial charge in [-0.25, -0.2) is 23.5 Å². The maximum atomic E-state index is 14.8. The number of anilines is 2. The van der Waals surface area contributed by atoms with E-state index in [2.05, 4.69) is 15.3 Å². The number of nitrogens with zero attached hydrogens (tertiary/aromatic N) is 4. The molecule has 0 aliphatic rings. The molecule has 0 amide bonds. The Labute approximate surface area is 210 Å². The van der Waals surface area contributed by atoms with Gasteiger partial charge in [-0.2, -0.15) is 4.98 Å². The van der Waals surface area contributed by atoms with Gasteiger partial charge < -0.3 is 15.2 Å². The molecular formula is C26H24FN5O5. The third kappa shape index (κ3) is 6.07. The first-order valence-electron chi connectivity index (χ1n) is 11.4. The van der Waals surface area contributed by atoms with Crippen LogP contribution < -0.4 is 21.4 Å². The van der Waals surface area contributed by atoms with E-state index < -0.39 is 29.1 Å². The Bertz CT molecular complexity index is 1530. The Morgan fingerprint density at radius 3 is 2.51 bits per heavy atom. The molecule has 11 heteroatoms. The van der Waals surface area contributed by atoms with E-state index in [-0.39, 0.29) is 36.4 Å². The van der Waals surface area contributed by atoms with Crippen molar-refractivity contribution in [3.63, 3.8) is 0 Å². The van der Waals surface area contributed by atoms with E-state index in [4.69, 9.17) is 4.74 Å². The molecule has 0 radical (unpaired) electrons. The van der Waals surface area contributed by atoms with Gasteiger partial charge in [-0.3, -0.25) is 9.36 Å². The van der Waals surface area contributed by atoms with Crippen LogP contribution >= 0.6 is 0 Å². The van der Waals surface area contributed by atoms with Crippen LogP contribution in [0.2, 0.25) is 0 Å². The lowest BCUT2D eigenvalue weighted by atomic mass is 10.1. The van der Waals surface area contributed by atoms with Gasteiger partial charge in [-0.15, -0.1) is 0 Å². The summed E-state index contributed by atoms with van der Waals surface area (Å²) < 4.78 is 22.2. The van der Waals surface area contributed by atoms with Crippen LogP contribution in [0.5, 0.6) is 11.6 Å². The molecule has 37 heavy (non-hydrogen) atoms. The summed E-state index contributed by atoms with van der Waals surface area (Å²) in [5, 5.41) is 12.1. The standard InChI is InChI=1S/C26H24FN5O5/c1-16-6-8-18(9-7-16)15-31-24(30-25(35)32(26(31)36)14-17(2)23(33)34)29-19-10-11-21(20(27)13-19)37-22-5-3-4-12-28-22/h3-13,17H,14-15H2,1-2H3,(H,33,34)(H,29,30,35)/t17-/m0/s1. The zero-order chi connectivity index (χ0) is 26.5. The van der Waals surface area contributed by atoms with Crippen LogP contribution in [0.25, 0.3) is 0 Å². The minimum atomic E-state index is -1.15. The Morgan fingerprint density at radius 1 is 1.11 bits per heavy atom. The molecule has 0 aliphatic heterocycles. The average Bonchev–Trinajstić information content (AvgIpc) is 2.87. The normalized spacial score (nSPS) is 11.6. The molecule has 2 N–H and O–H groups in total. The summed E-state index contributed by atoms with van der Waals surface area (Å²) in [6, 6.07) is 16.4. The van der Waals surface area contributed by atoms with Crippen molar-refractivity contribution in [3.8, 4) is 11.6 Å². The molecule has 2 aromatic carbocycles. The van der Waals surface area contributed by atoms with Crippen LogP contribution in [0, 0.1) is 18.7 Å². The van der Waals surface area contributed by atoms with Crippen molar-refractivity contribution >= 4 is 17.6 Å². The molecular weight excluding hydrogens is 481 g/mol. The predicted octanol–water partition coefficient (Wildman–Crippen LogP) is 3.55. The first-order valence-corrected chi connectivity index (χ1v) is 11.4. The molecule has 0 fully saturated rings. The van der Waals surface area contributed by atoms with Gasteiger partial charge in [-0.1, -0.05) is 42.8 Å². The number of carboxylic acid groups (broad SMARTS) is 1. The summed E-state index contributed by atoms with van der Waals surface area (Å²) in [5.41, 5.74) is 0.324. The second kappa shape index (κ2) is 10.9. The molecule has 0 aliphatic carbocycles. The molecule has 190 valence electrons. The fraction of sp³-hybridized carbons (Fsp3) is 0.192. The van der Waals surface area contributed by atoms with Gasteiger partial charge >= 0.3 is 17.3 Å². The number of pyridine rings is 1. The zero-order valence-electron chi connectivity index (χ0n) is 20.1. The number of hydrogen-bond donors (Lipinski definition) is 2. The van der Waals surface area contributed by atoms with Crippen molar-refractivity contribution in [3.05, 3.63) is 105 Å². The predicted molar refractivity (Wildman–Crippen MR) is 134 cm³/mol. The number of ether oxygens (including phenoxy) is 1. The van der Waals surface area contributed by atoms with Crippen LogP contribution in [0.4, 0.5) is 16.0 Å². The third-order valence-corrected chi connectivity index (χ3v) is 5.53. The first-order chi connectivity index (χ1) is 17.7. The Kier molecular flexibility index (Phi) is 7.42. The smallest absolute Gasteiger partial charge is 0.354 e. The van der Waals surface area contributed by atoms with Gasteiger partial charge in [0, 0.05) is 30.6 Å². The van der Waals surface area contributed by atoms with E-state index >= 15 is 0 Å². The van der Waals surface area contributed by atoms with E-state index in [0.29, 0.717) is 0 Å². The zero-order valence-corrected chi connectivity index (χ0v) is 20.1. The van der Waals surface area contributed by atoms with Crippen molar-refractivity contribution < 1.29 is 19.0 Å². The van der Waals surface area contributed by atoms with E-state index in [1.165, 1.54) is 29.8 Å².